The van der Waals surface area contributed by atoms with Gasteiger partial charge in [0.15, 0.2) is 0 Å². The second-order valence-corrected chi connectivity index (χ2v) is 8.41. The van der Waals surface area contributed by atoms with Crippen LogP contribution in [0.1, 0.15) is 49.1 Å². The third kappa shape index (κ3) is 4.46. The van der Waals surface area contributed by atoms with Gasteiger partial charge in [0, 0.05) is 39.3 Å². The fraction of sp³-hybridized carbons (Fsp3) is 0.591. The number of benzene rings is 1. The molecule has 0 spiro atoms. The summed E-state index contributed by atoms with van der Waals surface area (Å²) >= 11 is 0. The third-order valence-electron chi connectivity index (χ3n) is 6.39. The van der Waals surface area contributed by atoms with E-state index in [0.717, 1.165) is 37.2 Å². The Morgan fingerprint density at radius 3 is 2.72 bits per heavy atom. The van der Waals surface area contributed by atoms with Gasteiger partial charge in [-0.3, -0.25) is 9.36 Å². The summed E-state index contributed by atoms with van der Waals surface area (Å²) in [6.07, 6.45) is -0.571. The lowest BCUT2D eigenvalue weighted by molar-refractivity contribution is -0.138. The van der Waals surface area contributed by atoms with Gasteiger partial charge in [-0.15, -0.1) is 0 Å². The van der Waals surface area contributed by atoms with Crippen molar-refractivity contribution in [1.82, 2.24) is 19.7 Å². The number of carbonyl (C=O) groups is 1. The van der Waals surface area contributed by atoms with E-state index < -0.39 is 17.2 Å². The number of rotatable bonds is 6. The molecule has 7 nitrogen and oxygen atoms in total. The summed E-state index contributed by atoms with van der Waals surface area (Å²) < 4.78 is 48.2. The maximum Gasteiger partial charge on any atom is 0.416 e. The first-order valence-electron chi connectivity index (χ1n) is 11.0. The number of fused-ring (bicyclic) bond motifs is 1. The predicted molar refractivity (Wildman–Crippen MR) is 110 cm³/mol. The van der Waals surface area contributed by atoms with Gasteiger partial charge in [-0.1, -0.05) is 18.2 Å². The first-order valence-corrected chi connectivity index (χ1v) is 11.0. The van der Waals surface area contributed by atoms with Crippen molar-refractivity contribution in [2.45, 2.75) is 63.2 Å². The molecule has 2 aliphatic rings. The van der Waals surface area contributed by atoms with E-state index in [1.807, 2.05) is 0 Å². The lowest BCUT2D eigenvalue weighted by Gasteiger charge is -2.36. The lowest BCUT2D eigenvalue weighted by Crippen LogP contribution is -2.48. The SMILES string of the molecule is O=C(NCCCn1nc2n(c1=O)CCCC2)C1(c2cccc(C(F)(F)F)c2)CCOCC1. The minimum Gasteiger partial charge on any atom is -0.381 e. The van der Waals surface area contributed by atoms with Crippen LogP contribution in [0, 0.1) is 0 Å². The average molecular weight is 452 g/mol. The van der Waals surface area contributed by atoms with Gasteiger partial charge in [-0.25, -0.2) is 9.48 Å². The summed E-state index contributed by atoms with van der Waals surface area (Å²) in [7, 11) is 0. The Kier molecular flexibility index (Phi) is 6.41. The van der Waals surface area contributed by atoms with E-state index in [1.54, 1.807) is 10.6 Å². The number of ether oxygens (including phenoxy) is 1. The van der Waals surface area contributed by atoms with Crippen molar-refractivity contribution >= 4 is 5.91 Å². The highest BCUT2D eigenvalue weighted by molar-refractivity contribution is 5.88. The van der Waals surface area contributed by atoms with Crippen LogP contribution in [0.4, 0.5) is 13.2 Å². The highest BCUT2D eigenvalue weighted by Gasteiger charge is 2.43. The van der Waals surface area contributed by atoms with Gasteiger partial charge in [0.1, 0.15) is 5.82 Å². The number of aromatic nitrogens is 3. The van der Waals surface area contributed by atoms with E-state index in [-0.39, 0.29) is 11.6 Å². The van der Waals surface area contributed by atoms with E-state index >= 15 is 0 Å². The molecule has 1 aromatic heterocycles. The Bertz CT molecular complexity index is 1020. The quantitative estimate of drug-likeness (QED) is 0.684. The molecule has 1 N–H and O–H groups in total. The smallest absolute Gasteiger partial charge is 0.381 e. The number of halogens is 3. The monoisotopic (exact) mass is 452 g/mol. The maximum atomic E-state index is 13.2. The van der Waals surface area contributed by atoms with Crippen LogP contribution >= 0.6 is 0 Å². The maximum absolute atomic E-state index is 13.2. The van der Waals surface area contributed by atoms with Gasteiger partial charge in [0.05, 0.1) is 11.0 Å². The average Bonchev–Trinajstić information content (AvgIpc) is 3.12. The number of hydrogen-bond acceptors (Lipinski definition) is 4. The lowest BCUT2D eigenvalue weighted by atomic mass is 9.73. The molecule has 0 bridgehead atoms. The van der Waals surface area contributed by atoms with Crippen LogP contribution in [0.3, 0.4) is 0 Å². The zero-order valence-corrected chi connectivity index (χ0v) is 17.8. The summed E-state index contributed by atoms with van der Waals surface area (Å²) in [4.78, 5) is 25.6. The summed E-state index contributed by atoms with van der Waals surface area (Å²) in [5.74, 6) is 0.493. The fourth-order valence-corrected chi connectivity index (χ4v) is 4.55. The summed E-state index contributed by atoms with van der Waals surface area (Å²) in [6.45, 7) is 1.97. The van der Waals surface area contributed by atoms with E-state index in [1.165, 1.54) is 10.7 Å². The number of amides is 1. The first-order chi connectivity index (χ1) is 15.3. The molecule has 174 valence electrons. The van der Waals surface area contributed by atoms with Crippen molar-refractivity contribution in [1.29, 1.82) is 0 Å². The molecular weight excluding hydrogens is 425 g/mol. The zero-order valence-electron chi connectivity index (χ0n) is 17.8. The molecule has 0 saturated carbocycles. The van der Waals surface area contributed by atoms with E-state index in [4.69, 9.17) is 4.74 Å². The van der Waals surface area contributed by atoms with E-state index in [9.17, 15) is 22.8 Å². The molecular formula is C22H27F3N4O3. The van der Waals surface area contributed by atoms with Gasteiger partial charge in [0.2, 0.25) is 5.91 Å². The van der Waals surface area contributed by atoms with Gasteiger partial charge in [0.25, 0.3) is 0 Å². The normalized spacial score (nSPS) is 18.2. The van der Waals surface area contributed by atoms with Crippen LogP contribution in [0.2, 0.25) is 0 Å². The highest BCUT2D eigenvalue weighted by atomic mass is 19.4. The molecule has 0 unspecified atom stereocenters. The number of aryl methyl sites for hydroxylation is 2. The Balaban J connectivity index is 1.43. The molecule has 1 fully saturated rings. The number of nitrogens with zero attached hydrogens (tertiary/aromatic N) is 3. The molecule has 0 aliphatic carbocycles. The molecule has 1 aromatic carbocycles. The number of nitrogens with one attached hydrogen (secondary N) is 1. The van der Waals surface area contributed by atoms with Crippen LogP contribution in [-0.2, 0) is 40.6 Å². The van der Waals surface area contributed by atoms with Crippen LogP contribution < -0.4 is 11.0 Å². The molecule has 0 atom stereocenters. The fourth-order valence-electron chi connectivity index (χ4n) is 4.55. The second-order valence-electron chi connectivity index (χ2n) is 8.41. The van der Waals surface area contributed by atoms with Gasteiger partial charge in [-0.05, 0) is 43.7 Å². The summed E-state index contributed by atoms with van der Waals surface area (Å²) in [6, 6.07) is 5.00. The molecule has 10 heteroatoms. The van der Waals surface area contributed by atoms with Crippen LogP contribution in [0.15, 0.2) is 29.1 Å². The van der Waals surface area contributed by atoms with Gasteiger partial charge < -0.3 is 10.1 Å². The predicted octanol–water partition coefficient (Wildman–Crippen LogP) is 2.65. The van der Waals surface area contributed by atoms with Gasteiger partial charge in [-0.2, -0.15) is 18.3 Å². The molecule has 1 amide bonds. The van der Waals surface area contributed by atoms with Crippen molar-refractivity contribution in [3.8, 4) is 0 Å². The number of alkyl halides is 3. The number of carbonyl (C=O) groups excluding carboxylic acids is 1. The molecule has 1 saturated heterocycles. The Morgan fingerprint density at radius 2 is 2.00 bits per heavy atom. The Labute approximate surface area is 183 Å². The minimum absolute atomic E-state index is 0.129. The topological polar surface area (TPSA) is 78.2 Å². The largest absolute Gasteiger partial charge is 0.416 e. The molecule has 2 aliphatic heterocycles. The van der Waals surface area contributed by atoms with E-state index in [2.05, 4.69) is 10.4 Å². The van der Waals surface area contributed by atoms with Gasteiger partial charge >= 0.3 is 11.9 Å². The van der Waals surface area contributed by atoms with Crippen LogP contribution in [0.5, 0.6) is 0 Å². The standard InChI is InChI=1S/C22H27F3N4O3/c23-22(24,25)17-6-3-5-16(15-17)21(8-13-32-14-9-21)19(30)26-10-4-12-29-20(31)28-11-2-1-7-18(28)27-29/h3,5-6,15H,1-2,4,7-14H2,(H,26,30). The molecule has 4 rings (SSSR count). The molecule has 3 heterocycles. The van der Waals surface area contributed by atoms with Crippen molar-refractivity contribution in [2.24, 2.45) is 0 Å². The number of hydrogen-bond donors (Lipinski definition) is 1. The van der Waals surface area contributed by atoms with Crippen molar-refractivity contribution in [3.63, 3.8) is 0 Å². The molecule has 0 radical (unpaired) electrons. The first kappa shape index (κ1) is 22.6. The second kappa shape index (κ2) is 9.09. The zero-order chi connectivity index (χ0) is 22.8. The van der Waals surface area contributed by atoms with Crippen LogP contribution in [-0.4, -0.2) is 40.0 Å². The third-order valence-corrected chi connectivity index (χ3v) is 6.39. The van der Waals surface area contributed by atoms with Crippen molar-refractivity contribution < 1.29 is 22.7 Å². The molecule has 2 aromatic rings. The molecule has 32 heavy (non-hydrogen) atoms. The minimum atomic E-state index is -4.48. The van der Waals surface area contributed by atoms with Crippen LogP contribution in [0.25, 0.3) is 0 Å². The Morgan fingerprint density at radius 1 is 1.22 bits per heavy atom. The summed E-state index contributed by atoms with van der Waals surface area (Å²) in [5, 5.41) is 7.26. The Hall–Kier alpha value is -2.62. The van der Waals surface area contributed by atoms with E-state index in [0.29, 0.717) is 57.7 Å². The summed E-state index contributed by atoms with van der Waals surface area (Å²) in [5.41, 5.74) is -1.61. The van der Waals surface area contributed by atoms with Crippen molar-refractivity contribution in [2.75, 3.05) is 19.8 Å². The van der Waals surface area contributed by atoms with Crippen molar-refractivity contribution in [3.05, 3.63) is 51.7 Å². The highest BCUT2D eigenvalue weighted by Crippen LogP contribution is 2.38.